The molecule has 6 heteroatoms. The van der Waals surface area contributed by atoms with Gasteiger partial charge in [0.2, 0.25) is 0 Å². The molecule has 168 valence electrons. The molecule has 5 rings (SSSR count). The Morgan fingerprint density at radius 1 is 0.848 bits per heavy atom. The molecule has 2 aliphatic rings. The predicted octanol–water partition coefficient (Wildman–Crippen LogP) is 4.69. The molecular formula is C27H27FN4O. The van der Waals surface area contributed by atoms with E-state index in [1.54, 1.807) is 6.07 Å². The summed E-state index contributed by atoms with van der Waals surface area (Å²) in [7, 11) is 0. The lowest BCUT2D eigenvalue weighted by molar-refractivity contribution is -0.112. The molecule has 0 N–H and O–H groups in total. The molecule has 0 spiro atoms. The fourth-order valence-electron chi connectivity index (χ4n) is 4.47. The van der Waals surface area contributed by atoms with Gasteiger partial charge in [-0.25, -0.2) is 9.38 Å². The summed E-state index contributed by atoms with van der Waals surface area (Å²) in [6.45, 7) is 7.55. The van der Waals surface area contributed by atoms with Crippen LogP contribution in [0.4, 0.5) is 21.5 Å². The summed E-state index contributed by atoms with van der Waals surface area (Å²) in [5.74, 6) is -0.271. The first-order chi connectivity index (χ1) is 16.0. The summed E-state index contributed by atoms with van der Waals surface area (Å²) in [5, 5.41) is 0. The van der Waals surface area contributed by atoms with Gasteiger partial charge in [-0.05, 0) is 55.3 Å². The van der Waals surface area contributed by atoms with E-state index in [-0.39, 0.29) is 11.7 Å². The number of hydrogen-bond donors (Lipinski definition) is 0. The standard InChI is InChI=1S/C27H27FN4O/c1-19-11-12-21(17-20(19)2)29-26-22-7-3-5-9-24(22)32(27(26)33)18-30-13-15-31(16-14-30)25-10-6-4-8-23(25)28/h3-12,17H,13-16,18H2,1-2H3. The topological polar surface area (TPSA) is 39.2 Å². The van der Waals surface area contributed by atoms with Gasteiger partial charge in [-0.3, -0.25) is 14.6 Å². The molecule has 0 aliphatic carbocycles. The van der Waals surface area contributed by atoms with Gasteiger partial charge in [0.1, 0.15) is 11.5 Å². The van der Waals surface area contributed by atoms with Crippen LogP contribution in [-0.2, 0) is 4.79 Å². The average molecular weight is 443 g/mol. The van der Waals surface area contributed by atoms with Crippen LogP contribution in [0, 0.1) is 19.7 Å². The van der Waals surface area contributed by atoms with E-state index in [1.165, 1.54) is 11.6 Å². The molecule has 1 saturated heterocycles. The van der Waals surface area contributed by atoms with Crippen molar-refractivity contribution in [3.8, 4) is 0 Å². The van der Waals surface area contributed by atoms with Gasteiger partial charge < -0.3 is 4.90 Å². The second-order valence-electron chi connectivity index (χ2n) is 8.68. The largest absolute Gasteiger partial charge is 0.367 e. The molecule has 2 aliphatic heterocycles. The van der Waals surface area contributed by atoms with E-state index in [1.807, 2.05) is 59.5 Å². The van der Waals surface area contributed by atoms with Gasteiger partial charge in [0.25, 0.3) is 5.91 Å². The molecule has 2 heterocycles. The minimum absolute atomic E-state index is 0.0778. The van der Waals surface area contributed by atoms with Crippen LogP contribution in [0.1, 0.15) is 16.7 Å². The second-order valence-corrected chi connectivity index (χ2v) is 8.68. The van der Waals surface area contributed by atoms with Crippen molar-refractivity contribution >= 4 is 28.7 Å². The van der Waals surface area contributed by atoms with Gasteiger partial charge in [-0.15, -0.1) is 0 Å². The van der Waals surface area contributed by atoms with Crippen LogP contribution in [0.2, 0.25) is 0 Å². The maximum Gasteiger partial charge on any atom is 0.278 e. The fourth-order valence-corrected chi connectivity index (χ4v) is 4.47. The first kappa shape index (κ1) is 21.3. The molecule has 0 bridgehead atoms. The van der Waals surface area contributed by atoms with Crippen LogP contribution in [0.15, 0.2) is 71.7 Å². The molecule has 0 atom stereocenters. The van der Waals surface area contributed by atoms with E-state index in [0.717, 1.165) is 35.6 Å². The number of anilines is 2. The zero-order valence-electron chi connectivity index (χ0n) is 19.0. The lowest BCUT2D eigenvalue weighted by Gasteiger charge is -2.37. The highest BCUT2D eigenvalue weighted by atomic mass is 19.1. The highest BCUT2D eigenvalue weighted by Crippen LogP contribution is 2.31. The van der Waals surface area contributed by atoms with Crippen molar-refractivity contribution in [2.75, 3.05) is 42.6 Å². The zero-order chi connectivity index (χ0) is 22.9. The summed E-state index contributed by atoms with van der Waals surface area (Å²) in [6.07, 6.45) is 0. The third kappa shape index (κ3) is 4.14. The van der Waals surface area contributed by atoms with Crippen LogP contribution in [0.25, 0.3) is 0 Å². The van der Waals surface area contributed by atoms with Crippen molar-refractivity contribution in [1.29, 1.82) is 0 Å². The van der Waals surface area contributed by atoms with Crippen molar-refractivity contribution in [1.82, 2.24) is 4.90 Å². The van der Waals surface area contributed by atoms with E-state index in [4.69, 9.17) is 4.99 Å². The quantitative estimate of drug-likeness (QED) is 0.589. The summed E-state index contributed by atoms with van der Waals surface area (Å²) < 4.78 is 14.2. The number of piperazine rings is 1. The maximum atomic E-state index is 14.2. The predicted molar refractivity (Wildman–Crippen MR) is 131 cm³/mol. The maximum absolute atomic E-state index is 14.2. The fraction of sp³-hybridized carbons (Fsp3) is 0.259. The molecule has 0 aromatic heterocycles. The molecule has 0 saturated carbocycles. The highest BCUT2D eigenvalue weighted by molar-refractivity contribution is 6.54. The van der Waals surface area contributed by atoms with Gasteiger partial charge in [0, 0.05) is 31.7 Å². The minimum Gasteiger partial charge on any atom is -0.367 e. The van der Waals surface area contributed by atoms with Gasteiger partial charge in [-0.2, -0.15) is 0 Å². The third-order valence-electron chi connectivity index (χ3n) is 6.54. The van der Waals surface area contributed by atoms with Gasteiger partial charge >= 0.3 is 0 Å². The number of fused-ring (bicyclic) bond motifs is 1. The second kappa shape index (κ2) is 8.79. The van der Waals surface area contributed by atoms with Crippen molar-refractivity contribution in [3.63, 3.8) is 0 Å². The highest BCUT2D eigenvalue weighted by Gasteiger charge is 2.35. The Labute approximate surface area is 193 Å². The molecule has 0 unspecified atom stereocenters. The van der Waals surface area contributed by atoms with E-state index >= 15 is 0 Å². The number of aliphatic imine (C=N–C) groups is 1. The van der Waals surface area contributed by atoms with Crippen molar-refractivity contribution < 1.29 is 9.18 Å². The zero-order valence-corrected chi connectivity index (χ0v) is 19.0. The minimum atomic E-state index is -0.193. The van der Waals surface area contributed by atoms with Crippen LogP contribution in [0.3, 0.4) is 0 Å². The SMILES string of the molecule is Cc1ccc(N=C2C(=O)N(CN3CCN(c4ccccc4F)CC3)c3ccccc32)cc1C. The van der Waals surface area contributed by atoms with E-state index in [0.29, 0.717) is 31.2 Å². The number of hydrogen-bond acceptors (Lipinski definition) is 4. The first-order valence-electron chi connectivity index (χ1n) is 11.3. The summed E-state index contributed by atoms with van der Waals surface area (Å²) in [6, 6.07) is 20.7. The number of nitrogens with zero attached hydrogens (tertiary/aromatic N) is 4. The summed E-state index contributed by atoms with van der Waals surface area (Å²) in [5.41, 5.74) is 6.03. The molecule has 3 aromatic carbocycles. The van der Waals surface area contributed by atoms with Gasteiger partial charge in [0.15, 0.2) is 0 Å². The molecule has 33 heavy (non-hydrogen) atoms. The Balaban J connectivity index is 1.34. The van der Waals surface area contributed by atoms with Crippen LogP contribution >= 0.6 is 0 Å². The number of carbonyl (C=O) groups is 1. The number of aryl methyl sites for hydroxylation is 2. The summed E-state index contributed by atoms with van der Waals surface area (Å²) >= 11 is 0. The van der Waals surface area contributed by atoms with Crippen LogP contribution in [-0.4, -0.2) is 49.4 Å². The van der Waals surface area contributed by atoms with E-state index < -0.39 is 0 Å². The van der Waals surface area contributed by atoms with Crippen molar-refractivity contribution in [2.24, 2.45) is 4.99 Å². The van der Waals surface area contributed by atoms with Crippen LogP contribution in [0.5, 0.6) is 0 Å². The monoisotopic (exact) mass is 442 g/mol. The normalized spacial score (nSPS) is 17.7. The lowest BCUT2D eigenvalue weighted by Crippen LogP contribution is -2.51. The third-order valence-corrected chi connectivity index (χ3v) is 6.54. The van der Waals surface area contributed by atoms with Gasteiger partial charge in [-0.1, -0.05) is 36.4 Å². The molecular weight excluding hydrogens is 415 g/mol. The molecule has 1 amide bonds. The number of rotatable bonds is 4. The number of benzene rings is 3. The van der Waals surface area contributed by atoms with Gasteiger partial charge in [0.05, 0.1) is 23.7 Å². The van der Waals surface area contributed by atoms with E-state index in [2.05, 4.69) is 23.6 Å². The Bertz CT molecular complexity index is 1230. The summed E-state index contributed by atoms with van der Waals surface area (Å²) in [4.78, 5) is 24.3. The number of halogens is 1. The molecule has 1 fully saturated rings. The molecule has 0 radical (unpaired) electrons. The Morgan fingerprint density at radius 3 is 2.27 bits per heavy atom. The van der Waals surface area contributed by atoms with Crippen LogP contribution < -0.4 is 9.80 Å². The van der Waals surface area contributed by atoms with Crippen molar-refractivity contribution in [2.45, 2.75) is 13.8 Å². The number of para-hydroxylation sites is 2. The lowest BCUT2D eigenvalue weighted by atomic mass is 10.1. The average Bonchev–Trinajstić information content (AvgIpc) is 3.08. The first-order valence-corrected chi connectivity index (χ1v) is 11.3. The Kier molecular flexibility index (Phi) is 5.68. The number of carbonyl (C=O) groups excluding carboxylic acids is 1. The number of amides is 1. The van der Waals surface area contributed by atoms with Crippen molar-refractivity contribution in [3.05, 3.63) is 89.2 Å². The Hall–Kier alpha value is -3.51. The van der Waals surface area contributed by atoms with E-state index in [9.17, 15) is 9.18 Å². The smallest absolute Gasteiger partial charge is 0.278 e. The molecule has 5 nitrogen and oxygen atoms in total. The Morgan fingerprint density at radius 2 is 1.55 bits per heavy atom. The molecule has 3 aromatic rings.